The highest BCUT2D eigenvalue weighted by atomic mass is 32.1. The number of fused-ring (bicyclic) bond motifs is 1. The van der Waals surface area contributed by atoms with Crippen LogP contribution in [-0.4, -0.2) is 78.3 Å². The van der Waals surface area contributed by atoms with Crippen molar-refractivity contribution in [1.82, 2.24) is 20.5 Å². The Bertz CT molecular complexity index is 1930. The van der Waals surface area contributed by atoms with Crippen molar-refractivity contribution in [3.8, 4) is 17.7 Å². The van der Waals surface area contributed by atoms with Gasteiger partial charge in [0.25, 0.3) is 11.8 Å². The third-order valence-corrected chi connectivity index (χ3v) is 9.88. The summed E-state index contributed by atoms with van der Waals surface area (Å²) in [7, 11) is 2.13. The lowest BCUT2D eigenvalue weighted by atomic mass is 9.93. The molecule has 8 nitrogen and oxygen atoms in total. The zero-order chi connectivity index (χ0) is 33.4. The summed E-state index contributed by atoms with van der Waals surface area (Å²) in [5.41, 5.74) is 5.24. The lowest BCUT2D eigenvalue weighted by Crippen LogP contribution is -2.44. The molecule has 7 rings (SSSR count). The van der Waals surface area contributed by atoms with Crippen LogP contribution in [0, 0.1) is 11.8 Å². The Balaban J connectivity index is 1.27. The largest absolute Gasteiger partial charge is 0.494 e. The van der Waals surface area contributed by atoms with E-state index in [1.54, 1.807) is 12.1 Å². The lowest BCUT2D eigenvalue weighted by Gasteiger charge is -2.34. The molecule has 1 amide bonds. The van der Waals surface area contributed by atoms with Crippen molar-refractivity contribution in [3.05, 3.63) is 82.9 Å². The van der Waals surface area contributed by atoms with Crippen molar-refractivity contribution in [2.45, 2.75) is 48.6 Å². The van der Waals surface area contributed by atoms with Crippen molar-refractivity contribution in [2.75, 3.05) is 44.7 Å². The molecular weight excluding hydrogens is 631 g/mol. The van der Waals surface area contributed by atoms with Crippen molar-refractivity contribution in [2.24, 2.45) is 4.99 Å². The summed E-state index contributed by atoms with van der Waals surface area (Å²) < 4.78 is 28.3. The first kappa shape index (κ1) is 32.2. The molecule has 4 N–H and O–H groups in total. The third kappa shape index (κ3) is 6.92. The number of carbonyl (C=O) groups is 1. The molecule has 3 aliphatic rings. The number of hydrogen-bond acceptors (Lipinski definition) is 7. The number of amides is 1. The molecule has 4 aromatic rings. The summed E-state index contributed by atoms with van der Waals surface area (Å²) in [4.78, 5) is 25.6. The zero-order valence-corrected chi connectivity index (χ0v) is 27.6. The van der Waals surface area contributed by atoms with E-state index in [2.05, 4.69) is 69.1 Å². The fourth-order valence-electron chi connectivity index (χ4n) is 6.50. The summed E-state index contributed by atoms with van der Waals surface area (Å²) in [6, 6.07) is 18.6. The molecule has 3 heterocycles. The van der Waals surface area contributed by atoms with Crippen molar-refractivity contribution < 1.29 is 18.7 Å². The number of likely N-dealkylation sites (N-methyl/N-ethyl adjacent to an activating group) is 1. The van der Waals surface area contributed by atoms with Crippen LogP contribution in [0.3, 0.4) is 0 Å². The molecule has 3 fully saturated rings. The second-order valence-electron chi connectivity index (χ2n) is 13.0. The monoisotopic (exact) mass is 668 g/mol. The van der Waals surface area contributed by atoms with E-state index < -0.39 is 12.0 Å². The Morgan fingerprint density at radius 1 is 1.08 bits per heavy atom. The summed E-state index contributed by atoms with van der Waals surface area (Å²) >= 11 is 4.69. The smallest absolute Gasteiger partial charge is 0.296 e. The fraction of sp³-hybridized carbons (Fsp3) is 0.351. The van der Waals surface area contributed by atoms with E-state index in [4.69, 9.17) is 4.99 Å². The molecule has 2 saturated heterocycles. The molecular formula is C37H38F2N6O2S. The number of nitrogens with zero attached hydrogens (tertiary/aromatic N) is 3. The maximum atomic E-state index is 14.1. The van der Waals surface area contributed by atoms with Crippen LogP contribution in [0.25, 0.3) is 10.9 Å². The Morgan fingerprint density at radius 2 is 1.85 bits per heavy atom. The number of hydrogen-bond donors (Lipinski definition) is 5. The average molecular weight is 669 g/mol. The highest BCUT2D eigenvalue weighted by Gasteiger charge is 2.40. The average Bonchev–Trinajstić information content (AvgIpc) is 3.58. The Labute approximate surface area is 284 Å². The molecule has 0 bridgehead atoms. The number of aromatic hydroxyl groups is 1. The van der Waals surface area contributed by atoms with Gasteiger partial charge in [0.2, 0.25) is 0 Å². The summed E-state index contributed by atoms with van der Waals surface area (Å²) in [6.45, 7) is 3.51. The highest BCUT2D eigenvalue weighted by molar-refractivity contribution is 7.80. The topological polar surface area (TPSA) is 96.0 Å². The van der Waals surface area contributed by atoms with Crippen molar-refractivity contribution in [1.29, 1.82) is 0 Å². The molecule has 0 radical (unpaired) electrons. The van der Waals surface area contributed by atoms with E-state index in [1.165, 1.54) is 0 Å². The number of piperazine rings is 1. The number of anilines is 1. The number of thiol groups is 1. The molecule has 0 spiro atoms. The number of H-pyrrole nitrogens is 1. The quantitative estimate of drug-likeness (QED) is 0.102. The number of benzene rings is 3. The highest BCUT2D eigenvalue weighted by Crippen LogP contribution is 2.37. The first-order valence-corrected chi connectivity index (χ1v) is 16.8. The fourth-order valence-corrected chi connectivity index (χ4v) is 6.75. The third-order valence-electron chi connectivity index (χ3n) is 9.51. The normalized spacial score (nSPS) is 20.0. The van der Waals surface area contributed by atoms with Gasteiger partial charge in [-0.25, -0.2) is 13.8 Å². The van der Waals surface area contributed by atoms with E-state index >= 15 is 0 Å². The van der Waals surface area contributed by atoms with Gasteiger partial charge in [0.15, 0.2) is 5.88 Å². The number of alkyl halides is 2. The minimum absolute atomic E-state index is 0.102. The summed E-state index contributed by atoms with van der Waals surface area (Å²) in [5, 5.41) is 17.9. The minimum atomic E-state index is -2.78. The van der Waals surface area contributed by atoms with Gasteiger partial charge in [0.1, 0.15) is 0 Å². The molecule has 1 aromatic heterocycles. The molecule has 248 valence electrons. The predicted octanol–water partition coefficient (Wildman–Crippen LogP) is 5.77. The van der Waals surface area contributed by atoms with Crippen LogP contribution in [0.5, 0.6) is 5.88 Å². The van der Waals surface area contributed by atoms with Crippen LogP contribution in [0.15, 0.2) is 70.6 Å². The number of rotatable bonds is 6. The molecule has 1 atom stereocenters. The van der Waals surface area contributed by atoms with Gasteiger partial charge in [-0.3, -0.25) is 4.79 Å². The summed E-state index contributed by atoms with van der Waals surface area (Å²) in [5.74, 6) is 2.37. The second-order valence-corrected chi connectivity index (χ2v) is 13.5. The van der Waals surface area contributed by atoms with E-state index in [9.17, 15) is 18.7 Å². The van der Waals surface area contributed by atoms with Crippen LogP contribution in [0.4, 0.5) is 20.2 Å². The molecule has 11 heteroatoms. The summed E-state index contributed by atoms with van der Waals surface area (Å²) in [6.07, 6.45) is 2.76. The number of aromatic amines is 1. The van der Waals surface area contributed by atoms with Crippen molar-refractivity contribution in [3.63, 3.8) is 0 Å². The minimum Gasteiger partial charge on any atom is -0.494 e. The van der Waals surface area contributed by atoms with Crippen LogP contribution < -0.4 is 15.5 Å². The van der Waals surface area contributed by atoms with E-state index in [0.717, 1.165) is 56.7 Å². The molecule has 48 heavy (non-hydrogen) atoms. The maximum Gasteiger partial charge on any atom is 0.296 e. The number of aliphatic imine (C=N–C) groups is 1. The number of halogens is 2. The van der Waals surface area contributed by atoms with Crippen LogP contribution >= 0.6 is 12.6 Å². The zero-order valence-electron chi connectivity index (χ0n) is 26.7. The van der Waals surface area contributed by atoms with Gasteiger partial charge in [0.05, 0.1) is 29.0 Å². The van der Waals surface area contributed by atoms with Gasteiger partial charge in [-0.1, -0.05) is 24.1 Å². The SMILES string of the molecule is CN1CCN(c2ccc(N=C(c3cccc(C4CC(F)(F)CN4)c3)c3c(O)[nH]c4cc(C#CC(=O)NC5CCC5)c(S)cc34)cc2)CC1. The number of aromatic nitrogens is 1. The van der Waals surface area contributed by atoms with Crippen molar-refractivity contribution >= 4 is 46.5 Å². The van der Waals surface area contributed by atoms with Crippen LogP contribution in [0.2, 0.25) is 0 Å². The van der Waals surface area contributed by atoms with Gasteiger partial charge < -0.3 is 30.5 Å². The van der Waals surface area contributed by atoms with Gasteiger partial charge in [-0.2, -0.15) is 0 Å². The molecule has 2 aliphatic heterocycles. The molecule has 1 aliphatic carbocycles. The Hall–Kier alpha value is -4.37. The molecule has 1 saturated carbocycles. The van der Waals surface area contributed by atoms with Gasteiger partial charge >= 0.3 is 0 Å². The van der Waals surface area contributed by atoms with Gasteiger partial charge in [-0.15, -0.1) is 12.6 Å². The lowest BCUT2D eigenvalue weighted by molar-refractivity contribution is -0.116. The standard InChI is InChI=1S/C37H38F2N6O2S/c1-44-14-16-45(17-15-44)28-11-9-27(10-12-28)42-35(25-5-2-4-23(18-25)31-21-37(38,39)22-40-31)34-29-20-32(48)24(19-30(29)43-36(34)47)8-13-33(46)41-26-6-3-7-26/h2,4-5,9-12,18-20,26,31,40,43,47-48H,3,6-7,14-17,21-22H2,1H3,(H,41,46). The van der Waals surface area contributed by atoms with Gasteiger partial charge in [-0.05, 0) is 74.3 Å². The van der Waals surface area contributed by atoms with Gasteiger partial charge in [0, 0.05) is 77.7 Å². The predicted molar refractivity (Wildman–Crippen MR) is 188 cm³/mol. The first-order valence-electron chi connectivity index (χ1n) is 16.4. The molecule has 3 aromatic carbocycles. The first-order chi connectivity index (χ1) is 23.1. The Kier molecular flexibility index (Phi) is 8.90. The number of carbonyl (C=O) groups excluding carboxylic acids is 1. The Morgan fingerprint density at radius 3 is 2.54 bits per heavy atom. The number of nitrogens with one attached hydrogen (secondary N) is 3. The van der Waals surface area contributed by atoms with Crippen LogP contribution in [-0.2, 0) is 4.79 Å². The second kappa shape index (κ2) is 13.3. The maximum absolute atomic E-state index is 14.1. The van der Waals surface area contributed by atoms with E-state index in [-0.39, 0.29) is 30.8 Å². The molecule has 1 unspecified atom stereocenters. The van der Waals surface area contributed by atoms with Crippen LogP contribution in [0.1, 0.15) is 54.0 Å². The van der Waals surface area contributed by atoms with E-state index in [0.29, 0.717) is 43.9 Å². The van der Waals surface area contributed by atoms with E-state index in [1.807, 2.05) is 36.4 Å².